The molecule has 0 aromatic heterocycles. The molecule has 0 heterocycles. The molecule has 0 amide bonds. The molecule has 0 aliphatic rings. The van der Waals surface area contributed by atoms with Crippen molar-refractivity contribution in [2.75, 3.05) is 6.61 Å². The zero-order valence-corrected chi connectivity index (χ0v) is 27.3. The first-order valence-corrected chi connectivity index (χ1v) is 18.1. The van der Waals surface area contributed by atoms with Crippen LogP contribution < -0.4 is 5.73 Å². The highest BCUT2D eigenvalue weighted by Crippen LogP contribution is 2.24. The van der Waals surface area contributed by atoms with Gasteiger partial charge in [0, 0.05) is 0 Å². The smallest absolute Gasteiger partial charge is 0.326 e. The van der Waals surface area contributed by atoms with Gasteiger partial charge < -0.3 is 10.5 Å². The summed E-state index contributed by atoms with van der Waals surface area (Å²) in [5, 5.41) is 0. The molecule has 0 spiro atoms. The minimum absolute atomic E-state index is 0.128. The van der Waals surface area contributed by atoms with Crippen molar-refractivity contribution in [3.8, 4) is 0 Å². The predicted molar refractivity (Wildman–Crippen MR) is 173 cm³/mol. The molecule has 1 atom stereocenters. The minimum Gasteiger partial charge on any atom is -0.464 e. The van der Waals surface area contributed by atoms with Gasteiger partial charge in [0.2, 0.25) is 0 Å². The van der Waals surface area contributed by atoms with Crippen LogP contribution in [0.2, 0.25) is 0 Å². The van der Waals surface area contributed by atoms with Crippen molar-refractivity contribution in [3.63, 3.8) is 0 Å². The van der Waals surface area contributed by atoms with Gasteiger partial charge in [-0.1, -0.05) is 194 Å². The number of rotatable bonds is 32. The van der Waals surface area contributed by atoms with Crippen LogP contribution in [0.5, 0.6) is 0 Å². The normalized spacial score (nSPS) is 13.0. The van der Waals surface area contributed by atoms with Crippen LogP contribution in [-0.4, -0.2) is 18.1 Å². The summed E-state index contributed by atoms with van der Waals surface area (Å²) < 4.78 is 5.78. The van der Waals surface area contributed by atoms with E-state index in [0.29, 0.717) is 6.61 Å². The minimum atomic E-state index is -0.777. The summed E-state index contributed by atoms with van der Waals surface area (Å²) in [6.45, 7) is 7.37. The van der Waals surface area contributed by atoms with Crippen LogP contribution in [0.4, 0.5) is 0 Å². The summed E-state index contributed by atoms with van der Waals surface area (Å²) in [5.74, 6) is -0.128. The van der Waals surface area contributed by atoms with E-state index in [1.807, 2.05) is 0 Å². The summed E-state index contributed by atoms with van der Waals surface area (Å²) in [7, 11) is 0. The van der Waals surface area contributed by atoms with Crippen molar-refractivity contribution >= 4 is 5.97 Å². The Balaban J connectivity index is 4.21. The predicted octanol–water partition coefficient (Wildman–Crippen LogP) is 12.0. The number of unbranched alkanes of at least 4 members (excludes halogenated alkanes) is 25. The van der Waals surface area contributed by atoms with Gasteiger partial charge in [-0.25, -0.2) is 0 Å². The monoisotopic (exact) mass is 552 g/mol. The van der Waals surface area contributed by atoms with Crippen LogP contribution in [0.15, 0.2) is 0 Å². The van der Waals surface area contributed by atoms with Crippen LogP contribution in [0.25, 0.3) is 0 Å². The second-order valence-corrected chi connectivity index (χ2v) is 12.6. The van der Waals surface area contributed by atoms with Crippen molar-refractivity contribution in [1.82, 2.24) is 0 Å². The summed E-state index contributed by atoms with van der Waals surface area (Å²) in [6, 6.07) is 0. The lowest BCUT2D eigenvalue weighted by molar-refractivity contribution is -0.151. The maximum Gasteiger partial charge on any atom is 0.326 e. The second kappa shape index (κ2) is 30.4. The molecule has 0 aromatic carbocycles. The Hall–Kier alpha value is -0.570. The van der Waals surface area contributed by atoms with Gasteiger partial charge in [0.1, 0.15) is 5.54 Å². The number of carbonyl (C=O) groups is 1. The lowest BCUT2D eigenvalue weighted by atomic mass is 9.87. The summed E-state index contributed by atoms with van der Waals surface area (Å²) >= 11 is 0. The molecule has 0 aliphatic heterocycles. The van der Waals surface area contributed by atoms with Crippen LogP contribution in [-0.2, 0) is 9.53 Å². The van der Waals surface area contributed by atoms with Gasteiger partial charge in [-0.3, -0.25) is 4.79 Å². The quantitative estimate of drug-likeness (QED) is 0.0668. The molecule has 0 rings (SSSR count). The van der Waals surface area contributed by atoms with Gasteiger partial charge in [0.15, 0.2) is 0 Å². The molecule has 0 fully saturated rings. The zero-order chi connectivity index (χ0) is 28.7. The van der Waals surface area contributed by atoms with Crippen LogP contribution >= 0.6 is 0 Å². The fourth-order valence-corrected chi connectivity index (χ4v) is 5.73. The molecule has 3 heteroatoms. The molecule has 0 saturated heterocycles. The Morgan fingerprint density at radius 1 is 0.436 bits per heavy atom. The maximum absolute atomic E-state index is 13.1. The molecule has 0 bridgehead atoms. The average molecular weight is 552 g/mol. The van der Waals surface area contributed by atoms with Crippen molar-refractivity contribution < 1.29 is 9.53 Å². The second-order valence-electron chi connectivity index (χ2n) is 12.6. The molecule has 0 aromatic rings. The van der Waals surface area contributed by atoms with E-state index in [4.69, 9.17) is 10.5 Å². The lowest BCUT2D eigenvalue weighted by Crippen LogP contribution is -2.49. The number of esters is 1. The third-order valence-electron chi connectivity index (χ3n) is 8.59. The van der Waals surface area contributed by atoms with Crippen LogP contribution in [0.3, 0.4) is 0 Å². The van der Waals surface area contributed by atoms with Crippen molar-refractivity contribution in [2.24, 2.45) is 5.73 Å². The number of carbonyl (C=O) groups excluding carboxylic acids is 1. The van der Waals surface area contributed by atoms with Crippen molar-refractivity contribution in [2.45, 2.75) is 219 Å². The standard InChI is InChI=1S/C36H73NO2/c1-4-7-10-13-16-19-21-24-27-30-33-36(37,32-29-26-23-18-15-12-9-6-3)35(38)39-34-31-28-25-22-20-17-14-11-8-5-2/h4-34,37H2,1-3H3. The molecule has 0 radical (unpaired) electrons. The van der Waals surface area contributed by atoms with Gasteiger partial charge in [-0.05, 0) is 19.3 Å². The molecule has 39 heavy (non-hydrogen) atoms. The Bertz CT molecular complexity index is 494. The van der Waals surface area contributed by atoms with E-state index < -0.39 is 5.54 Å². The van der Waals surface area contributed by atoms with Crippen molar-refractivity contribution in [3.05, 3.63) is 0 Å². The first-order valence-electron chi connectivity index (χ1n) is 18.1. The summed E-state index contributed by atoms with van der Waals surface area (Å²) in [4.78, 5) is 13.1. The van der Waals surface area contributed by atoms with E-state index in [1.165, 1.54) is 154 Å². The first-order chi connectivity index (χ1) is 19.1. The van der Waals surface area contributed by atoms with Gasteiger partial charge in [-0.2, -0.15) is 0 Å². The lowest BCUT2D eigenvalue weighted by Gasteiger charge is -2.27. The average Bonchev–Trinajstić information content (AvgIpc) is 2.94. The van der Waals surface area contributed by atoms with Gasteiger partial charge in [0.05, 0.1) is 6.61 Å². The molecule has 2 N–H and O–H groups in total. The molecular formula is C36H73NO2. The topological polar surface area (TPSA) is 52.3 Å². The Kier molecular flexibility index (Phi) is 29.9. The number of hydrogen-bond acceptors (Lipinski definition) is 3. The largest absolute Gasteiger partial charge is 0.464 e. The van der Waals surface area contributed by atoms with E-state index in [1.54, 1.807) is 0 Å². The third-order valence-corrected chi connectivity index (χ3v) is 8.59. The van der Waals surface area contributed by atoms with E-state index in [-0.39, 0.29) is 5.97 Å². The molecular weight excluding hydrogens is 478 g/mol. The molecule has 0 saturated carbocycles. The van der Waals surface area contributed by atoms with E-state index in [9.17, 15) is 4.79 Å². The molecule has 234 valence electrons. The maximum atomic E-state index is 13.1. The Morgan fingerprint density at radius 2 is 0.692 bits per heavy atom. The summed E-state index contributed by atoms with van der Waals surface area (Å²) in [6.07, 6.45) is 37.8. The highest BCUT2D eigenvalue weighted by molar-refractivity contribution is 5.80. The third kappa shape index (κ3) is 26.1. The molecule has 1 unspecified atom stereocenters. The Labute approximate surface area is 246 Å². The highest BCUT2D eigenvalue weighted by atomic mass is 16.5. The van der Waals surface area contributed by atoms with E-state index in [0.717, 1.165) is 38.5 Å². The van der Waals surface area contributed by atoms with E-state index in [2.05, 4.69) is 20.8 Å². The van der Waals surface area contributed by atoms with Crippen LogP contribution in [0, 0.1) is 0 Å². The van der Waals surface area contributed by atoms with Gasteiger partial charge in [-0.15, -0.1) is 0 Å². The highest BCUT2D eigenvalue weighted by Gasteiger charge is 2.34. The van der Waals surface area contributed by atoms with Crippen LogP contribution in [0.1, 0.15) is 213 Å². The van der Waals surface area contributed by atoms with Gasteiger partial charge >= 0.3 is 5.97 Å². The van der Waals surface area contributed by atoms with Crippen molar-refractivity contribution in [1.29, 1.82) is 0 Å². The number of nitrogens with two attached hydrogens (primary N) is 1. The fraction of sp³-hybridized carbons (Fsp3) is 0.972. The van der Waals surface area contributed by atoms with E-state index >= 15 is 0 Å². The Morgan fingerprint density at radius 3 is 1.00 bits per heavy atom. The number of ether oxygens (including phenoxy) is 1. The first kappa shape index (κ1) is 38.4. The SMILES string of the molecule is CCCCCCCCCCCCOC(=O)C(N)(CCCCCCCCCC)CCCCCCCCCCCC. The number of hydrogen-bond donors (Lipinski definition) is 1. The molecule has 0 aliphatic carbocycles. The van der Waals surface area contributed by atoms with Gasteiger partial charge in [0.25, 0.3) is 0 Å². The molecule has 3 nitrogen and oxygen atoms in total. The fourth-order valence-electron chi connectivity index (χ4n) is 5.73. The zero-order valence-electron chi connectivity index (χ0n) is 27.3. The summed E-state index contributed by atoms with van der Waals surface area (Å²) in [5.41, 5.74) is 6.01.